The van der Waals surface area contributed by atoms with Crippen molar-refractivity contribution in [3.63, 3.8) is 0 Å². The Bertz CT molecular complexity index is 970. The SMILES string of the molecule is CC1CCC(CN2CCC(Cc3ccn4ncc(N5CCC(=O)NC5=O)c4c3)CC2)CC1. The highest BCUT2D eigenvalue weighted by atomic mass is 16.2. The van der Waals surface area contributed by atoms with Gasteiger partial charge in [-0.3, -0.25) is 15.0 Å². The first-order valence-electron chi connectivity index (χ1n) is 12.3. The number of pyridine rings is 1. The first-order chi connectivity index (χ1) is 15.5. The summed E-state index contributed by atoms with van der Waals surface area (Å²) in [5, 5.41) is 6.81. The molecule has 1 N–H and O–H groups in total. The molecule has 7 nitrogen and oxygen atoms in total. The summed E-state index contributed by atoms with van der Waals surface area (Å²) in [6, 6.07) is 3.96. The third-order valence-electron chi connectivity index (χ3n) is 7.79. The molecule has 3 aliphatic rings. The minimum absolute atomic E-state index is 0.215. The lowest BCUT2D eigenvalue weighted by Crippen LogP contribution is -2.49. The van der Waals surface area contributed by atoms with Gasteiger partial charge in [0, 0.05) is 25.7 Å². The fraction of sp³-hybridized carbons (Fsp3) is 0.640. The van der Waals surface area contributed by atoms with Crippen LogP contribution >= 0.6 is 0 Å². The summed E-state index contributed by atoms with van der Waals surface area (Å²) < 4.78 is 1.82. The second-order valence-electron chi connectivity index (χ2n) is 10.2. The van der Waals surface area contributed by atoms with Crippen LogP contribution in [0.4, 0.5) is 10.5 Å². The van der Waals surface area contributed by atoms with Gasteiger partial charge < -0.3 is 4.90 Å². The maximum absolute atomic E-state index is 12.3. The van der Waals surface area contributed by atoms with Gasteiger partial charge in [0.15, 0.2) is 0 Å². The van der Waals surface area contributed by atoms with E-state index in [1.165, 1.54) is 63.7 Å². The lowest BCUT2D eigenvalue weighted by molar-refractivity contribution is -0.120. The Labute approximate surface area is 190 Å². The molecular formula is C25H35N5O2. The third kappa shape index (κ3) is 4.68. The number of carbonyl (C=O) groups is 2. The van der Waals surface area contributed by atoms with Crippen LogP contribution in [0.2, 0.25) is 0 Å². The summed E-state index contributed by atoms with van der Waals surface area (Å²) in [6.45, 7) is 6.53. The molecule has 4 heterocycles. The molecule has 0 radical (unpaired) electrons. The van der Waals surface area contributed by atoms with E-state index in [0.717, 1.165) is 29.5 Å². The van der Waals surface area contributed by atoms with E-state index in [0.29, 0.717) is 18.9 Å². The number of anilines is 1. The van der Waals surface area contributed by atoms with Gasteiger partial charge in [-0.05, 0) is 80.6 Å². The fourth-order valence-electron chi connectivity index (χ4n) is 5.72. The van der Waals surface area contributed by atoms with Crippen LogP contribution < -0.4 is 10.2 Å². The van der Waals surface area contributed by atoms with Gasteiger partial charge in [-0.1, -0.05) is 19.8 Å². The zero-order chi connectivity index (χ0) is 22.1. The van der Waals surface area contributed by atoms with Crippen molar-refractivity contribution in [2.45, 2.75) is 58.3 Å². The molecule has 3 amide bonds. The number of fused-ring (bicyclic) bond motifs is 1. The molecule has 2 saturated heterocycles. The molecule has 5 rings (SSSR count). The summed E-state index contributed by atoms with van der Waals surface area (Å²) in [6.07, 6.45) is 13.3. The zero-order valence-corrected chi connectivity index (χ0v) is 19.1. The van der Waals surface area contributed by atoms with Crippen LogP contribution in [0.25, 0.3) is 5.52 Å². The summed E-state index contributed by atoms with van der Waals surface area (Å²) in [7, 11) is 0. The van der Waals surface area contributed by atoms with E-state index < -0.39 is 0 Å². The molecule has 0 atom stereocenters. The van der Waals surface area contributed by atoms with E-state index in [1.54, 1.807) is 11.1 Å². The van der Waals surface area contributed by atoms with Crippen LogP contribution in [0.5, 0.6) is 0 Å². The smallest absolute Gasteiger partial charge is 0.303 e. The molecule has 0 bridgehead atoms. The lowest BCUT2D eigenvalue weighted by Gasteiger charge is -2.36. The van der Waals surface area contributed by atoms with Crippen LogP contribution in [0.1, 0.15) is 57.4 Å². The molecule has 2 aromatic rings. The highest BCUT2D eigenvalue weighted by Gasteiger charge is 2.27. The second-order valence-corrected chi connectivity index (χ2v) is 10.2. The van der Waals surface area contributed by atoms with Crippen LogP contribution in [-0.2, 0) is 11.2 Å². The first kappa shape index (κ1) is 21.4. The molecule has 7 heteroatoms. The molecule has 32 heavy (non-hydrogen) atoms. The number of carbonyl (C=O) groups excluding carboxylic acids is 2. The topological polar surface area (TPSA) is 70.0 Å². The number of aromatic nitrogens is 2. The molecule has 1 aliphatic carbocycles. The number of imide groups is 1. The normalized spacial score (nSPS) is 26.0. The van der Waals surface area contributed by atoms with E-state index in [4.69, 9.17) is 0 Å². The number of nitrogens with zero attached hydrogens (tertiary/aromatic N) is 4. The number of nitrogens with one attached hydrogen (secondary N) is 1. The van der Waals surface area contributed by atoms with Crippen molar-refractivity contribution in [3.8, 4) is 0 Å². The quantitative estimate of drug-likeness (QED) is 0.771. The number of urea groups is 1. The fourth-order valence-corrected chi connectivity index (χ4v) is 5.72. The molecule has 3 fully saturated rings. The number of likely N-dealkylation sites (tertiary alicyclic amines) is 1. The minimum Gasteiger partial charge on any atom is -0.303 e. The van der Waals surface area contributed by atoms with Crippen LogP contribution in [0.15, 0.2) is 24.5 Å². The first-order valence-corrected chi connectivity index (χ1v) is 12.3. The Balaban J connectivity index is 1.19. The van der Waals surface area contributed by atoms with Crippen molar-refractivity contribution >= 4 is 23.1 Å². The third-order valence-corrected chi connectivity index (χ3v) is 7.79. The van der Waals surface area contributed by atoms with Crippen LogP contribution in [0, 0.1) is 17.8 Å². The predicted octanol–water partition coefficient (Wildman–Crippen LogP) is 3.86. The maximum Gasteiger partial charge on any atom is 0.328 e. The Morgan fingerprint density at radius 1 is 1.03 bits per heavy atom. The van der Waals surface area contributed by atoms with E-state index in [-0.39, 0.29) is 11.9 Å². The molecule has 0 spiro atoms. The minimum atomic E-state index is -0.360. The van der Waals surface area contributed by atoms with Gasteiger partial charge in [0.05, 0.1) is 17.4 Å². The van der Waals surface area contributed by atoms with Crippen molar-refractivity contribution < 1.29 is 9.59 Å². The van der Waals surface area contributed by atoms with Gasteiger partial charge >= 0.3 is 6.03 Å². The van der Waals surface area contributed by atoms with Crippen LogP contribution in [0.3, 0.4) is 0 Å². The number of hydrogen-bond acceptors (Lipinski definition) is 4. The molecule has 0 aromatic carbocycles. The zero-order valence-electron chi connectivity index (χ0n) is 19.1. The Morgan fingerprint density at radius 2 is 1.81 bits per heavy atom. The average molecular weight is 438 g/mol. The van der Waals surface area contributed by atoms with Gasteiger partial charge in [0.2, 0.25) is 5.91 Å². The summed E-state index contributed by atoms with van der Waals surface area (Å²) in [4.78, 5) is 28.1. The van der Waals surface area contributed by atoms with E-state index in [2.05, 4.69) is 34.4 Å². The average Bonchev–Trinajstić information content (AvgIpc) is 3.20. The Hall–Kier alpha value is -2.41. The Kier molecular flexibility index (Phi) is 6.17. The van der Waals surface area contributed by atoms with E-state index in [1.807, 2.05) is 10.7 Å². The van der Waals surface area contributed by atoms with E-state index >= 15 is 0 Å². The van der Waals surface area contributed by atoms with Crippen molar-refractivity contribution in [1.29, 1.82) is 0 Å². The van der Waals surface area contributed by atoms with Crippen LogP contribution in [-0.4, -0.2) is 52.6 Å². The molecule has 172 valence electrons. The molecular weight excluding hydrogens is 402 g/mol. The predicted molar refractivity (Wildman–Crippen MR) is 125 cm³/mol. The Morgan fingerprint density at radius 3 is 2.56 bits per heavy atom. The van der Waals surface area contributed by atoms with Crippen molar-refractivity contribution in [1.82, 2.24) is 19.8 Å². The summed E-state index contributed by atoms with van der Waals surface area (Å²) in [5.41, 5.74) is 3.00. The standard InChI is InChI=1S/C25H35N5O2/c1-18-2-4-20(5-3-18)17-28-10-6-19(7-11-28)14-21-8-13-30-22(15-21)23(16-26-30)29-12-9-24(31)27-25(29)32/h8,13,15-16,18-20H,2-7,9-12,14,17H2,1H3,(H,27,31,32). The van der Waals surface area contributed by atoms with Crippen molar-refractivity contribution in [2.24, 2.45) is 17.8 Å². The molecule has 1 saturated carbocycles. The maximum atomic E-state index is 12.3. The van der Waals surface area contributed by atoms with Gasteiger partial charge in [0.25, 0.3) is 0 Å². The number of amides is 3. The highest BCUT2D eigenvalue weighted by Crippen LogP contribution is 2.31. The number of hydrogen-bond donors (Lipinski definition) is 1. The monoisotopic (exact) mass is 437 g/mol. The number of rotatable bonds is 5. The molecule has 0 unspecified atom stereocenters. The lowest BCUT2D eigenvalue weighted by atomic mass is 9.82. The summed E-state index contributed by atoms with van der Waals surface area (Å²) in [5.74, 6) is 2.33. The van der Waals surface area contributed by atoms with Gasteiger partial charge in [-0.2, -0.15) is 5.10 Å². The molecule has 2 aliphatic heterocycles. The number of piperidine rings is 1. The van der Waals surface area contributed by atoms with Crippen molar-refractivity contribution in [3.05, 3.63) is 30.1 Å². The highest BCUT2D eigenvalue weighted by molar-refractivity contribution is 6.07. The van der Waals surface area contributed by atoms with Gasteiger partial charge in [-0.25, -0.2) is 9.31 Å². The van der Waals surface area contributed by atoms with Crippen molar-refractivity contribution in [2.75, 3.05) is 31.1 Å². The van der Waals surface area contributed by atoms with Gasteiger partial charge in [-0.15, -0.1) is 0 Å². The van der Waals surface area contributed by atoms with E-state index in [9.17, 15) is 9.59 Å². The summed E-state index contributed by atoms with van der Waals surface area (Å²) >= 11 is 0. The van der Waals surface area contributed by atoms with Gasteiger partial charge in [0.1, 0.15) is 0 Å². The molecule has 2 aromatic heterocycles. The largest absolute Gasteiger partial charge is 0.328 e. The second kappa shape index (κ2) is 9.22.